The van der Waals surface area contributed by atoms with Gasteiger partial charge in [0, 0.05) is 0 Å². The zero-order valence-corrected chi connectivity index (χ0v) is 8.30. The van der Waals surface area contributed by atoms with Crippen LogP contribution >= 0.6 is 0 Å². The first kappa shape index (κ1) is 13.4. The zero-order chi connectivity index (χ0) is 13.3. The second-order valence-corrected chi connectivity index (χ2v) is 3.30. The molecule has 0 heterocycles. The van der Waals surface area contributed by atoms with Crippen molar-refractivity contribution in [2.75, 3.05) is 0 Å². The van der Waals surface area contributed by atoms with Crippen molar-refractivity contribution < 1.29 is 22.0 Å². The molecule has 1 aromatic carbocycles. The lowest BCUT2D eigenvalue weighted by molar-refractivity contribution is -0.291. The van der Waals surface area contributed by atoms with Gasteiger partial charge >= 0.3 is 12.1 Å². The Hall–Kier alpha value is -1.68. The van der Waals surface area contributed by atoms with E-state index in [9.17, 15) is 22.0 Å². The maximum Gasteiger partial charge on any atom is 0.455 e. The third-order valence-electron chi connectivity index (χ3n) is 2.18. The smallest absolute Gasteiger partial charge is 0.319 e. The monoisotopic (exact) mass is 250 g/mol. The van der Waals surface area contributed by atoms with Crippen molar-refractivity contribution in [3.05, 3.63) is 35.4 Å². The van der Waals surface area contributed by atoms with Gasteiger partial charge in [0.2, 0.25) is 0 Å². The third-order valence-corrected chi connectivity index (χ3v) is 2.18. The first-order valence-electron chi connectivity index (χ1n) is 4.41. The Morgan fingerprint density at radius 1 is 1.12 bits per heavy atom. The summed E-state index contributed by atoms with van der Waals surface area (Å²) in [6, 6.07) is 3.61. The number of hydrogen-bond donors (Lipinski definition) is 1. The van der Waals surface area contributed by atoms with Crippen molar-refractivity contribution >= 4 is 0 Å². The summed E-state index contributed by atoms with van der Waals surface area (Å²) in [7, 11) is 0. The maximum atomic E-state index is 13.0. The van der Waals surface area contributed by atoms with Crippen LogP contribution in [0.3, 0.4) is 0 Å². The van der Waals surface area contributed by atoms with E-state index in [-0.39, 0.29) is 5.56 Å². The highest BCUT2D eigenvalue weighted by Gasteiger charge is 2.62. The summed E-state index contributed by atoms with van der Waals surface area (Å²) >= 11 is 0. The largest absolute Gasteiger partial charge is 0.455 e. The molecule has 17 heavy (non-hydrogen) atoms. The lowest BCUT2D eigenvalue weighted by Gasteiger charge is -2.26. The highest BCUT2D eigenvalue weighted by molar-refractivity contribution is 5.40. The highest BCUT2D eigenvalue weighted by atomic mass is 19.4. The van der Waals surface area contributed by atoms with Crippen LogP contribution in [0.25, 0.3) is 0 Å². The molecule has 7 heteroatoms. The number of alkyl halides is 5. The van der Waals surface area contributed by atoms with Gasteiger partial charge in [0.15, 0.2) is 0 Å². The lowest BCUT2D eigenvalue weighted by atomic mass is 9.96. The number of hydrogen-bond acceptors (Lipinski definition) is 2. The summed E-state index contributed by atoms with van der Waals surface area (Å²) < 4.78 is 62.2. The summed E-state index contributed by atoms with van der Waals surface area (Å²) in [5.74, 6) is -5.08. The summed E-state index contributed by atoms with van der Waals surface area (Å²) in [6.45, 7) is 0. The molecule has 0 aliphatic rings. The van der Waals surface area contributed by atoms with E-state index in [1.807, 2.05) is 0 Å². The molecule has 0 aromatic heterocycles. The molecule has 0 saturated carbocycles. The molecule has 2 nitrogen and oxygen atoms in total. The van der Waals surface area contributed by atoms with Gasteiger partial charge in [0.25, 0.3) is 0 Å². The molecule has 0 amide bonds. The van der Waals surface area contributed by atoms with Gasteiger partial charge in [-0.25, -0.2) is 0 Å². The van der Waals surface area contributed by atoms with E-state index in [1.165, 1.54) is 18.2 Å². The Kier molecular flexibility index (Phi) is 3.38. The number of nitrogens with zero attached hydrogens (tertiary/aromatic N) is 1. The molecular formula is C10H7F5N2. The molecule has 1 atom stereocenters. The quantitative estimate of drug-likeness (QED) is 0.820. The molecule has 0 aliphatic carbocycles. The van der Waals surface area contributed by atoms with Gasteiger partial charge in [-0.3, -0.25) is 0 Å². The Bertz CT molecular complexity index is 447. The average Bonchev–Trinajstić information content (AvgIpc) is 2.26. The molecule has 0 radical (unpaired) electrons. The van der Waals surface area contributed by atoms with Crippen LogP contribution in [0.2, 0.25) is 0 Å². The second kappa shape index (κ2) is 4.30. The van der Waals surface area contributed by atoms with Crippen LogP contribution in [0.15, 0.2) is 24.3 Å². The van der Waals surface area contributed by atoms with Gasteiger partial charge in [0.05, 0.1) is 11.6 Å². The van der Waals surface area contributed by atoms with Gasteiger partial charge in [-0.2, -0.15) is 27.2 Å². The van der Waals surface area contributed by atoms with Gasteiger partial charge < -0.3 is 5.73 Å². The van der Waals surface area contributed by atoms with Crippen LogP contribution < -0.4 is 5.73 Å². The predicted octanol–water partition coefficient (Wildman–Crippen LogP) is 2.76. The molecule has 92 valence electrons. The minimum atomic E-state index is -5.75. The maximum absolute atomic E-state index is 13.0. The molecule has 2 N–H and O–H groups in total. The Morgan fingerprint density at radius 2 is 1.65 bits per heavy atom. The van der Waals surface area contributed by atoms with Gasteiger partial charge in [-0.15, -0.1) is 0 Å². The molecule has 0 fully saturated rings. The Morgan fingerprint density at radius 3 is 2.12 bits per heavy atom. The molecule has 1 rings (SSSR count). The van der Waals surface area contributed by atoms with E-state index in [1.54, 1.807) is 0 Å². The van der Waals surface area contributed by atoms with Crippen LogP contribution in [0, 0.1) is 11.3 Å². The van der Waals surface area contributed by atoms with Gasteiger partial charge in [0.1, 0.15) is 6.04 Å². The molecule has 1 aromatic rings. The molecular weight excluding hydrogens is 243 g/mol. The zero-order valence-electron chi connectivity index (χ0n) is 8.30. The van der Waals surface area contributed by atoms with Crippen molar-refractivity contribution in [2.45, 2.75) is 18.1 Å². The molecule has 0 bridgehead atoms. The fourth-order valence-corrected chi connectivity index (χ4v) is 1.24. The van der Waals surface area contributed by atoms with E-state index in [0.717, 1.165) is 12.1 Å². The lowest BCUT2D eigenvalue weighted by Crippen LogP contribution is -2.46. The van der Waals surface area contributed by atoms with Crippen LogP contribution in [0.5, 0.6) is 0 Å². The average molecular weight is 250 g/mol. The second-order valence-electron chi connectivity index (χ2n) is 3.30. The van der Waals surface area contributed by atoms with E-state index < -0.39 is 23.7 Å². The Balaban J connectivity index is 3.22. The minimum Gasteiger partial charge on any atom is -0.319 e. The van der Waals surface area contributed by atoms with Crippen LogP contribution in [-0.4, -0.2) is 12.1 Å². The van der Waals surface area contributed by atoms with E-state index in [0.29, 0.717) is 0 Å². The van der Waals surface area contributed by atoms with Gasteiger partial charge in [-0.1, -0.05) is 18.2 Å². The van der Waals surface area contributed by atoms with Crippen molar-refractivity contribution in [2.24, 2.45) is 5.73 Å². The highest BCUT2D eigenvalue weighted by Crippen LogP contribution is 2.43. The topological polar surface area (TPSA) is 49.8 Å². The number of benzene rings is 1. The molecule has 0 spiro atoms. The van der Waals surface area contributed by atoms with E-state index in [4.69, 9.17) is 11.0 Å². The number of nitrogens with two attached hydrogens (primary N) is 1. The SMILES string of the molecule is N#Cc1ccccc1[C@@H](N)C(F)(F)C(F)(F)F. The van der Waals surface area contributed by atoms with Crippen LogP contribution in [0.1, 0.15) is 17.2 Å². The number of rotatable bonds is 2. The van der Waals surface area contributed by atoms with Gasteiger partial charge in [-0.05, 0) is 11.6 Å². The van der Waals surface area contributed by atoms with Crippen molar-refractivity contribution in [1.29, 1.82) is 5.26 Å². The number of halogens is 5. The standard InChI is InChI=1S/C10H7F5N2/c11-9(12,10(13,14)15)8(17)7-4-2-1-3-6(7)5-16/h1-4,8H,17H2/t8-/m1/s1. The fraction of sp³-hybridized carbons (Fsp3) is 0.300. The molecule has 0 unspecified atom stereocenters. The van der Waals surface area contributed by atoms with Crippen LogP contribution in [0.4, 0.5) is 22.0 Å². The summed E-state index contributed by atoms with van der Waals surface area (Å²) in [6.07, 6.45) is -5.75. The first-order valence-corrected chi connectivity index (χ1v) is 4.41. The van der Waals surface area contributed by atoms with Crippen molar-refractivity contribution in [3.8, 4) is 6.07 Å². The summed E-state index contributed by atoms with van der Waals surface area (Å²) in [5.41, 5.74) is 4.08. The fourth-order valence-electron chi connectivity index (χ4n) is 1.24. The first-order chi connectivity index (χ1) is 7.71. The van der Waals surface area contributed by atoms with Crippen LogP contribution in [-0.2, 0) is 0 Å². The molecule has 0 saturated heterocycles. The third kappa shape index (κ3) is 2.36. The predicted molar refractivity (Wildman–Crippen MR) is 49.1 cm³/mol. The summed E-state index contributed by atoms with van der Waals surface area (Å²) in [4.78, 5) is 0. The molecule has 0 aliphatic heterocycles. The number of nitriles is 1. The normalized spacial score (nSPS) is 14.2. The van der Waals surface area contributed by atoms with Crippen molar-refractivity contribution in [3.63, 3.8) is 0 Å². The van der Waals surface area contributed by atoms with Crippen molar-refractivity contribution in [1.82, 2.24) is 0 Å². The summed E-state index contributed by atoms with van der Waals surface area (Å²) in [5, 5.41) is 8.60. The minimum absolute atomic E-state index is 0.302. The van der Waals surface area contributed by atoms with E-state index >= 15 is 0 Å². The Labute approximate surface area is 93.5 Å². The van der Waals surface area contributed by atoms with E-state index in [2.05, 4.69) is 0 Å².